The van der Waals surface area contributed by atoms with Crippen molar-refractivity contribution in [1.82, 2.24) is 0 Å². The van der Waals surface area contributed by atoms with Crippen molar-refractivity contribution in [3.63, 3.8) is 0 Å². The van der Waals surface area contributed by atoms with E-state index in [4.69, 9.17) is 4.52 Å². The van der Waals surface area contributed by atoms with Crippen LogP contribution in [0.3, 0.4) is 0 Å². The number of unbranched alkanes of at least 4 members (excludes halogenated alkanes) is 30. The Balaban J connectivity index is 2.69. The van der Waals surface area contributed by atoms with E-state index in [1.54, 1.807) is 0 Å². The summed E-state index contributed by atoms with van der Waals surface area (Å²) in [5.74, 6) is 0. The summed E-state index contributed by atoms with van der Waals surface area (Å²) in [6.07, 6.45) is 44.6. The van der Waals surface area contributed by atoms with Crippen LogP contribution in [0.5, 0.6) is 0 Å². The molecule has 0 aliphatic rings. The molecule has 1 rings (SSSR count). The number of hydrogen-bond acceptors (Lipinski definition) is 2. The lowest BCUT2D eigenvalue weighted by Crippen LogP contribution is -2.30. The first-order chi connectivity index (χ1) is 26.4. The van der Waals surface area contributed by atoms with Crippen molar-refractivity contribution in [1.29, 1.82) is 0 Å². The Morgan fingerprint density at radius 1 is 0.400 bits per heavy atom. The van der Waals surface area contributed by atoms with Crippen LogP contribution in [0.2, 0.25) is 0 Å². The van der Waals surface area contributed by atoms with Crippen molar-refractivity contribution < 1.29 is 14.0 Å². The van der Waals surface area contributed by atoms with Crippen molar-refractivity contribution in [2.45, 2.75) is 290 Å². The van der Waals surface area contributed by atoms with Crippen LogP contribution in [-0.4, -0.2) is 4.89 Å². The van der Waals surface area contributed by atoms with Gasteiger partial charge in [0.25, 0.3) is 0 Å². The lowest BCUT2D eigenvalue weighted by Gasteiger charge is -2.33. The molecule has 0 spiro atoms. The van der Waals surface area contributed by atoms with Crippen LogP contribution in [0.15, 0.2) is 18.2 Å². The summed E-state index contributed by atoms with van der Waals surface area (Å²) < 4.78 is 18.9. The molecular weight excluding hydrogens is 692 g/mol. The monoisotopic (exact) mass is 788 g/mol. The molecule has 3 nitrogen and oxygen atoms in total. The fourth-order valence-electron chi connectivity index (χ4n) is 8.38. The summed E-state index contributed by atoms with van der Waals surface area (Å²) in [6.45, 7) is 18.2. The molecule has 1 N–H and O–H groups in total. The average molecular weight is 788 g/mol. The third kappa shape index (κ3) is 26.8. The fraction of sp³-hybridized carbons (Fsp3) is 0.882. The summed E-state index contributed by atoms with van der Waals surface area (Å²) in [7, 11) is -2.73. The molecule has 55 heavy (non-hydrogen) atoms. The Labute approximate surface area is 346 Å². The minimum Gasteiger partial charge on any atom is -0.133 e. The van der Waals surface area contributed by atoms with Gasteiger partial charge in [0.2, 0.25) is 0 Å². The van der Waals surface area contributed by atoms with Crippen molar-refractivity contribution in [3.8, 4) is 0 Å². The molecule has 0 aromatic heterocycles. The van der Waals surface area contributed by atoms with Gasteiger partial charge in [0.1, 0.15) is 0 Å². The molecule has 0 saturated carbocycles. The van der Waals surface area contributed by atoms with E-state index in [2.05, 4.69) is 73.6 Å². The Morgan fingerprint density at radius 2 is 0.618 bits per heavy atom. The zero-order valence-electron chi connectivity index (χ0n) is 38.5. The molecule has 0 saturated heterocycles. The van der Waals surface area contributed by atoms with Gasteiger partial charge in [0, 0.05) is 4.57 Å². The van der Waals surface area contributed by atoms with E-state index in [-0.39, 0.29) is 10.8 Å². The maximum Gasteiger partial charge on any atom is 0.695 e. The van der Waals surface area contributed by atoms with Crippen LogP contribution in [0.25, 0.3) is 0 Å². The maximum atomic E-state index is 12.6. The quantitative estimate of drug-likeness (QED) is 0.0540. The minimum atomic E-state index is -2.73. The van der Waals surface area contributed by atoms with Crippen molar-refractivity contribution >= 4 is 8.25 Å². The first-order valence-corrected chi connectivity index (χ1v) is 25.5. The molecule has 0 aliphatic carbocycles. The van der Waals surface area contributed by atoms with Crippen LogP contribution >= 0.6 is 8.25 Å². The fourth-order valence-corrected chi connectivity index (χ4v) is 8.97. The van der Waals surface area contributed by atoms with Gasteiger partial charge in [-0.15, -0.1) is 9.42 Å². The molecule has 0 bridgehead atoms. The van der Waals surface area contributed by atoms with Gasteiger partial charge >= 0.3 is 8.25 Å². The van der Waals surface area contributed by atoms with Crippen LogP contribution in [0, 0.1) is 0 Å². The van der Waals surface area contributed by atoms with Crippen molar-refractivity contribution in [2.75, 3.05) is 0 Å². The molecule has 0 aliphatic heterocycles. The largest absolute Gasteiger partial charge is 0.695 e. The molecule has 0 fully saturated rings. The third-order valence-corrected chi connectivity index (χ3v) is 12.8. The number of hydrogen-bond donors (Lipinski definition) is 1. The van der Waals surface area contributed by atoms with Crippen LogP contribution in [0.1, 0.15) is 290 Å². The Hall–Kier alpha value is -0.760. The minimum absolute atomic E-state index is 0.0222. The van der Waals surface area contributed by atoms with E-state index in [1.807, 2.05) is 0 Å². The number of rotatable bonds is 37. The standard InChI is InChI=1S/C51H95O3P/c1-9-11-13-15-17-19-21-23-25-27-29-31-33-35-37-39-41-51(54-55(52)53,48-44-46(49(3,4)5)43-47(45-48)50(6,7)8)42-40-38-36-34-32-30-28-26-24-22-20-18-16-14-12-10-2/h43-45H,9-42H2,1-8H3/p+1. The first-order valence-electron chi connectivity index (χ1n) is 24.4. The van der Waals surface area contributed by atoms with E-state index < -0.39 is 13.9 Å². The smallest absolute Gasteiger partial charge is 0.133 e. The molecule has 1 atom stereocenters. The third-order valence-electron chi connectivity index (χ3n) is 12.3. The maximum absolute atomic E-state index is 12.6. The molecule has 0 amide bonds. The molecule has 1 aromatic rings. The molecular formula is C51H96O3P+. The Kier molecular flexibility index (Phi) is 30.5. The first kappa shape index (κ1) is 52.3. The zero-order valence-corrected chi connectivity index (χ0v) is 39.4. The Bertz CT molecular complexity index is 983. The lowest BCUT2D eigenvalue weighted by molar-refractivity contribution is 0.0378. The highest BCUT2D eigenvalue weighted by molar-refractivity contribution is 7.32. The molecule has 1 aromatic carbocycles. The SMILES string of the molecule is CCCCCCCCCCCCCCCCCCC(CCCCCCCCCCCCCCCCCC)(O[P+](=O)O)c1cc(C(C)(C)C)cc(C(C)(C)C)c1. The highest BCUT2D eigenvalue weighted by atomic mass is 31.1. The van der Waals surface area contributed by atoms with Gasteiger partial charge in [-0.25, -0.2) is 0 Å². The van der Waals surface area contributed by atoms with Crippen molar-refractivity contribution in [2.24, 2.45) is 0 Å². The molecule has 0 radical (unpaired) electrons. The van der Waals surface area contributed by atoms with Crippen molar-refractivity contribution in [3.05, 3.63) is 34.9 Å². The summed E-state index contributed by atoms with van der Waals surface area (Å²) in [6, 6.07) is 6.98. The van der Waals surface area contributed by atoms with E-state index in [1.165, 1.54) is 191 Å². The summed E-state index contributed by atoms with van der Waals surface area (Å²) >= 11 is 0. The topological polar surface area (TPSA) is 46.5 Å². The average Bonchev–Trinajstić information content (AvgIpc) is 3.13. The highest BCUT2D eigenvalue weighted by Gasteiger charge is 2.42. The van der Waals surface area contributed by atoms with Crippen LogP contribution in [0.4, 0.5) is 0 Å². The van der Waals surface area contributed by atoms with Gasteiger partial charge in [-0.1, -0.05) is 279 Å². The summed E-state index contributed by atoms with van der Waals surface area (Å²) in [5, 5.41) is 0. The zero-order chi connectivity index (χ0) is 40.7. The van der Waals surface area contributed by atoms with Gasteiger partial charge < -0.3 is 0 Å². The van der Waals surface area contributed by atoms with Gasteiger partial charge in [-0.05, 0) is 40.4 Å². The molecule has 4 heteroatoms. The second kappa shape index (κ2) is 32.1. The van der Waals surface area contributed by atoms with Crippen LogP contribution < -0.4 is 0 Å². The normalized spacial score (nSPS) is 12.9. The molecule has 1 unspecified atom stereocenters. The molecule has 0 heterocycles. The van der Waals surface area contributed by atoms with Crippen LogP contribution in [-0.2, 0) is 25.5 Å². The van der Waals surface area contributed by atoms with E-state index in [0.29, 0.717) is 0 Å². The highest BCUT2D eigenvalue weighted by Crippen LogP contribution is 2.45. The predicted molar refractivity (Wildman–Crippen MR) is 245 cm³/mol. The van der Waals surface area contributed by atoms with Gasteiger partial charge in [0.05, 0.1) is 0 Å². The summed E-state index contributed by atoms with van der Waals surface area (Å²) in [4.78, 5) is 10.4. The lowest BCUT2D eigenvalue weighted by atomic mass is 9.75. The predicted octanol–water partition coefficient (Wildman–Crippen LogP) is 18.4. The van der Waals surface area contributed by atoms with E-state index in [0.717, 1.165) is 44.1 Å². The van der Waals surface area contributed by atoms with E-state index >= 15 is 0 Å². The van der Waals surface area contributed by atoms with Gasteiger partial charge in [0.15, 0.2) is 5.60 Å². The summed E-state index contributed by atoms with van der Waals surface area (Å²) in [5.41, 5.74) is 2.92. The second-order valence-electron chi connectivity index (χ2n) is 19.7. The molecule has 322 valence electrons. The van der Waals surface area contributed by atoms with E-state index in [9.17, 15) is 9.46 Å². The van der Waals surface area contributed by atoms with Gasteiger partial charge in [-0.2, -0.15) is 0 Å². The Morgan fingerprint density at radius 3 is 0.836 bits per heavy atom. The van der Waals surface area contributed by atoms with Gasteiger partial charge in [-0.3, -0.25) is 0 Å². The second-order valence-corrected chi connectivity index (χ2v) is 20.4. The number of benzene rings is 1.